The van der Waals surface area contributed by atoms with Gasteiger partial charge >= 0.3 is 12.0 Å². The van der Waals surface area contributed by atoms with Gasteiger partial charge in [-0.15, -0.1) is 0 Å². The second-order valence-corrected chi connectivity index (χ2v) is 5.36. The van der Waals surface area contributed by atoms with Crippen molar-refractivity contribution < 1.29 is 14.7 Å². The van der Waals surface area contributed by atoms with Crippen LogP contribution in [0.3, 0.4) is 0 Å². The van der Waals surface area contributed by atoms with Crippen molar-refractivity contribution in [2.75, 3.05) is 13.6 Å². The molecule has 6 heteroatoms. The Morgan fingerprint density at radius 2 is 2.10 bits per heavy atom. The number of urea groups is 1. The topological polar surface area (TPSA) is 69.6 Å². The summed E-state index contributed by atoms with van der Waals surface area (Å²) in [7, 11) is 1.72. The maximum absolute atomic E-state index is 12.0. The summed E-state index contributed by atoms with van der Waals surface area (Å²) in [6, 6.07) is 7.13. The van der Waals surface area contributed by atoms with Crippen LogP contribution < -0.4 is 5.32 Å². The second kappa shape index (κ2) is 8.52. The molecule has 1 aromatic carbocycles. The highest BCUT2D eigenvalue weighted by Gasteiger charge is 2.17. The molecule has 5 nitrogen and oxygen atoms in total. The van der Waals surface area contributed by atoms with E-state index in [1.165, 1.54) is 0 Å². The SMILES string of the molecule is CC(c1cccc(Cl)c1)N(C)C(=O)NCCCCC(=O)O. The summed E-state index contributed by atoms with van der Waals surface area (Å²) in [6.07, 6.45) is 1.34. The predicted molar refractivity (Wildman–Crippen MR) is 82.5 cm³/mol. The number of carbonyl (C=O) groups excluding carboxylic acids is 1. The van der Waals surface area contributed by atoms with Gasteiger partial charge in [0.25, 0.3) is 0 Å². The van der Waals surface area contributed by atoms with Crippen LogP contribution >= 0.6 is 11.6 Å². The quantitative estimate of drug-likeness (QED) is 0.759. The van der Waals surface area contributed by atoms with Gasteiger partial charge in [0.2, 0.25) is 0 Å². The molecule has 21 heavy (non-hydrogen) atoms. The highest BCUT2D eigenvalue weighted by atomic mass is 35.5. The third-order valence-electron chi connectivity index (χ3n) is 3.33. The molecule has 0 spiro atoms. The van der Waals surface area contributed by atoms with Crippen LogP contribution in [-0.2, 0) is 4.79 Å². The van der Waals surface area contributed by atoms with Crippen molar-refractivity contribution in [1.29, 1.82) is 0 Å². The Hall–Kier alpha value is -1.75. The minimum atomic E-state index is -0.812. The molecule has 116 valence electrons. The van der Waals surface area contributed by atoms with Gasteiger partial charge in [0, 0.05) is 25.0 Å². The Morgan fingerprint density at radius 3 is 2.71 bits per heavy atom. The summed E-state index contributed by atoms with van der Waals surface area (Å²) >= 11 is 5.95. The Kier molecular flexibility index (Phi) is 7.02. The summed E-state index contributed by atoms with van der Waals surface area (Å²) in [4.78, 5) is 24.0. The largest absolute Gasteiger partial charge is 0.481 e. The van der Waals surface area contributed by atoms with E-state index in [1.807, 2.05) is 25.1 Å². The van der Waals surface area contributed by atoms with E-state index in [1.54, 1.807) is 18.0 Å². The number of amides is 2. The zero-order chi connectivity index (χ0) is 15.8. The number of aliphatic carboxylic acids is 1. The smallest absolute Gasteiger partial charge is 0.317 e. The molecule has 1 unspecified atom stereocenters. The summed E-state index contributed by atoms with van der Waals surface area (Å²) < 4.78 is 0. The fraction of sp³-hybridized carbons (Fsp3) is 0.467. The monoisotopic (exact) mass is 312 g/mol. The van der Waals surface area contributed by atoms with Gasteiger partial charge in [-0.2, -0.15) is 0 Å². The number of rotatable bonds is 7. The first-order valence-corrected chi connectivity index (χ1v) is 7.27. The van der Waals surface area contributed by atoms with Crippen LogP contribution in [0.5, 0.6) is 0 Å². The van der Waals surface area contributed by atoms with Crippen molar-refractivity contribution in [1.82, 2.24) is 10.2 Å². The molecule has 0 aromatic heterocycles. The minimum Gasteiger partial charge on any atom is -0.481 e. The van der Waals surface area contributed by atoms with Crippen molar-refractivity contribution >= 4 is 23.6 Å². The summed E-state index contributed by atoms with van der Waals surface area (Å²) in [6.45, 7) is 2.40. The number of unbranched alkanes of at least 4 members (excludes halogenated alkanes) is 1. The van der Waals surface area contributed by atoms with Crippen LogP contribution in [0.2, 0.25) is 5.02 Å². The molecule has 0 fully saturated rings. The number of benzene rings is 1. The van der Waals surface area contributed by atoms with Crippen LogP contribution in [0, 0.1) is 0 Å². The highest BCUT2D eigenvalue weighted by Crippen LogP contribution is 2.21. The normalized spacial score (nSPS) is 11.8. The summed E-state index contributed by atoms with van der Waals surface area (Å²) in [5.41, 5.74) is 0.964. The first-order valence-electron chi connectivity index (χ1n) is 6.89. The minimum absolute atomic E-state index is 0.0947. The number of carboxylic acid groups (broad SMARTS) is 1. The van der Waals surface area contributed by atoms with Gasteiger partial charge in [0.1, 0.15) is 0 Å². The number of nitrogens with zero attached hydrogens (tertiary/aromatic N) is 1. The van der Waals surface area contributed by atoms with Gasteiger partial charge in [-0.05, 0) is 37.5 Å². The fourth-order valence-electron chi connectivity index (χ4n) is 1.89. The molecular formula is C15H21ClN2O3. The van der Waals surface area contributed by atoms with E-state index in [0.29, 0.717) is 24.4 Å². The molecule has 0 aliphatic heterocycles. The molecule has 2 amide bonds. The average molecular weight is 313 g/mol. The van der Waals surface area contributed by atoms with Crippen LogP contribution in [0.25, 0.3) is 0 Å². The third-order valence-corrected chi connectivity index (χ3v) is 3.56. The lowest BCUT2D eigenvalue weighted by Crippen LogP contribution is -2.39. The van der Waals surface area contributed by atoms with Crippen molar-refractivity contribution in [3.05, 3.63) is 34.9 Å². The molecular weight excluding hydrogens is 292 g/mol. The molecule has 1 atom stereocenters. The van der Waals surface area contributed by atoms with Gasteiger partial charge in [-0.1, -0.05) is 23.7 Å². The molecule has 0 aliphatic rings. The van der Waals surface area contributed by atoms with E-state index in [4.69, 9.17) is 16.7 Å². The van der Waals surface area contributed by atoms with Crippen molar-refractivity contribution in [2.45, 2.75) is 32.2 Å². The predicted octanol–water partition coefficient (Wildman–Crippen LogP) is 3.30. The molecule has 0 aliphatic carbocycles. The lowest BCUT2D eigenvalue weighted by Gasteiger charge is -2.25. The molecule has 1 rings (SSSR count). The molecule has 0 radical (unpaired) electrons. The number of carboxylic acids is 1. The lowest BCUT2D eigenvalue weighted by molar-refractivity contribution is -0.137. The van der Waals surface area contributed by atoms with Gasteiger partial charge in [0.15, 0.2) is 0 Å². The number of nitrogens with one attached hydrogen (secondary N) is 1. The summed E-state index contributed by atoms with van der Waals surface area (Å²) in [5.74, 6) is -0.812. The number of hydrogen-bond acceptors (Lipinski definition) is 2. The zero-order valence-electron chi connectivity index (χ0n) is 12.3. The van der Waals surface area contributed by atoms with E-state index < -0.39 is 5.97 Å². The first kappa shape index (κ1) is 17.3. The zero-order valence-corrected chi connectivity index (χ0v) is 13.1. The van der Waals surface area contributed by atoms with E-state index >= 15 is 0 Å². The summed E-state index contributed by atoms with van der Waals surface area (Å²) in [5, 5.41) is 11.9. The van der Waals surface area contributed by atoms with Gasteiger partial charge in [-0.25, -0.2) is 4.79 Å². The Balaban J connectivity index is 2.41. The highest BCUT2D eigenvalue weighted by molar-refractivity contribution is 6.30. The third kappa shape index (κ3) is 6.04. The Bertz CT molecular complexity index is 494. The van der Waals surface area contributed by atoms with E-state index in [0.717, 1.165) is 5.56 Å². The van der Waals surface area contributed by atoms with E-state index in [2.05, 4.69) is 5.32 Å². The second-order valence-electron chi connectivity index (χ2n) is 4.92. The van der Waals surface area contributed by atoms with E-state index in [9.17, 15) is 9.59 Å². The van der Waals surface area contributed by atoms with Gasteiger partial charge in [0.05, 0.1) is 6.04 Å². The first-order chi connectivity index (χ1) is 9.91. The van der Waals surface area contributed by atoms with Crippen LogP contribution in [0.4, 0.5) is 4.79 Å². The molecule has 0 saturated heterocycles. The van der Waals surface area contributed by atoms with Crippen LogP contribution in [-0.4, -0.2) is 35.6 Å². The Labute approximate surface area is 129 Å². The number of hydrogen-bond donors (Lipinski definition) is 2. The molecule has 0 saturated carbocycles. The van der Waals surface area contributed by atoms with Crippen molar-refractivity contribution in [3.63, 3.8) is 0 Å². The lowest BCUT2D eigenvalue weighted by atomic mass is 10.1. The fourth-order valence-corrected chi connectivity index (χ4v) is 2.09. The van der Waals surface area contributed by atoms with Gasteiger partial charge < -0.3 is 15.3 Å². The maximum atomic E-state index is 12.0. The Morgan fingerprint density at radius 1 is 1.38 bits per heavy atom. The van der Waals surface area contributed by atoms with Crippen molar-refractivity contribution in [2.24, 2.45) is 0 Å². The number of carbonyl (C=O) groups is 2. The van der Waals surface area contributed by atoms with Gasteiger partial charge in [-0.3, -0.25) is 4.79 Å². The van der Waals surface area contributed by atoms with Crippen molar-refractivity contribution in [3.8, 4) is 0 Å². The standard InChI is InChI=1S/C15H21ClN2O3/c1-11(12-6-5-7-13(16)10-12)18(2)15(21)17-9-4-3-8-14(19)20/h5-7,10-11H,3-4,8-9H2,1-2H3,(H,17,21)(H,19,20). The van der Waals surface area contributed by atoms with Crippen LogP contribution in [0.1, 0.15) is 37.8 Å². The maximum Gasteiger partial charge on any atom is 0.317 e. The number of halogens is 1. The molecule has 0 heterocycles. The van der Waals surface area contributed by atoms with E-state index in [-0.39, 0.29) is 18.5 Å². The molecule has 2 N–H and O–H groups in total. The molecule has 0 bridgehead atoms. The molecule has 1 aromatic rings. The average Bonchev–Trinajstić information content (AvgIpc) is 2.44. The van der Waals surface area contributed by atoms with Crippen LogP contribution in [0.15, 0.2) is 24.3 Å².